The summed E-state index contributed by atoms with van der Waals surface area (Å²) in [5, 5.41) is 15.5. The predicted octanol–water partition coefficient (Wildman–Crippen LogP) is 3.24. The number of carbonyl (C=O) groups excluding carboxylic acids is 4. The monoisotopic (exact) mass is 806 g/mol. The molecule has 2 aliphatic carbocycles. The summed E-state index contributed by atoms with van der Waals surface area (Å²) < 4.78 is 31.7. The van der Waals surface area contributed by atoms with Gasteiger partial charge in [-0.1, -0.05) is 106 Å². The van der Waals surface area contributed by atoms with Crippen LogP contribution in [0, 0.1) is 5.92 Å². The summed E-state index contributed by atoms with van der Waals surface area (Å²) in [5.74, 6) is -4.89. The van der Waals surface area contributed by atoms with E-state index in [1.807, 2.05) is 60.7 Å². The number of carboxylic acids is 1. The fourth-order valence-corrected chi connectivity index (χ4v) is 5.81. The van der Waals surface area contributed by atoms with Gasteiger partial charge in [0.1, 0.15) is 18.1 Å². The van der Waals surface area contributed by atoms with Crippen molar-refractivity contribution >= 4 is 35.6 Å². The fraction of sp³-hybridized carbons (Fsp3) is 0.514. The molecule has 13 nitrogen and oxygen atoms in total. The van der Waals surface area contributed by atoms with E-state index in [9.17, 15) is 32.3 Å². The number of carboxylic acid groups (broad SMARTS) is 1. The van der Waals surface area contributed by atoms with Gasteiger partial charge in [0.2, 0.25) is 23.6 Å². The number of rotatable bonds is 15. The molecule has 2 aromatic carbocycles. The third kappa shape index (κ3) is 19.4. The van der Waals surface area contributed by atoms with Crippen LogP contribution in [-0.2, 0) is 53.6 Å². The second kappa shape index (κ2) is 25.4. The Labute approximate surface area is 324 Å². The van der Waals surface area contributed by atoms with Crippen molar-refractivity contribution < 1.29 is 59.0 Å². The zero-order chi connectivity index (χ0) is 39.2. The first kappa shape index (κ1) is 47.4. The standard InChI is InChI=1S/C30H41N7O4.C5H10.C2HF3O2.Co/c31-26(38)24(18-20-10-3-1-4-11-20)36-28(40)23(16-9-17-34-30(32)33)35-29(41)25(19-21-12-5-2-6-13-21)37-27(39)22-14-7-8-15-22;1-2-4-5-3-1;3-2(4,5)1(6)7;/h1-6,10-13,22-25H,7-9,14-19H2,(H2,31,38)(H,35,41)(H,36,40)(H,37,39)(H4,32,33,34);1-5H2;(H,6,7);/q;;;+2/t23-,24-,25-;;;/m0.../s1. The molecule has 2 saturated carbocycles. The summed E-state index contributed by atoms with van der Waals surface area (Å²) in [6, 6.07) is 15.6. The van der Waals surface area contributed by atoms with E-state index in [2.05, 4.69) is 20.9 Å². The molecule has 299 valence electrons. The van der Waals surface area contributed by atoms with E-state index in [-0.39, 0.29) is 60.4 Å². The van der Waals surface area contributed by atoms with Crippen LogP contribution in [0.15, 0.2) is 65.7 Å². The van der Waals surface area contributed by atoms with E-state index in [1.165, 1.54) is 32.1 Å². The molecule has 0 heterocycles. The quantitative estimate of drug-likeness (QED) is 0.0801. The maximum absolute atomic E-state index is 13.6. The van der Waals surface area contributed by atoms with Crippen LogP contribution in [0.2, 0.25) is 0 Å². The van der Waals surface area contributed by atoms with Crippen LogP contribution in [0.1, 0.15) is 81.8 Å². The molecule has 2 fully saturated rings. The van der Waals surface area contributed by atoms with E-state index in [0.29, 0.717) is 6.42 Å². The Bertz CT molecular complexity index is 1460. The molecular formula is C37H52CoF3N7O6+2. The number of aliphatic carboxylic acids is 1. The largest absolute Gasteiger partial charge is 2.00 e. The molecular weight excluding hydrogens is 754 g/mol. The van der Waals surface area contributed by atoms with Gasteiger partial charge < -0.3 is 38.3 Å². The number of alkyl halides is 3. The summed E-state index contributed by atoms with van der Waals surface area (Å²) in [6.45, 7) is 0.247. The Hall–Kier alpha value is -4.64. The molecule has 2 aliphatic rings. The average Bonchev–Trinajstić information content (AvgIpc) is 3.88. The van der Waals surface area contributed by atoms with Gasteiger partial charge in [-0.05, 0) is 36.8 Å². The van der Waals surface area contributed by atoms with Crippen molar-refractivity contribution in [3.63, 3.8) is 0 Å². The normalized spacial score (nSPS) is 15.2. The molecule has 4 amide bonds. The van der Waals surface area contributed by atoms with Crippen molar-refractivity contribution in [1.82, 2.24) is 16.0 Å². The first-order valence-corrected chi connectivity index (χ1v) is 17.8. The van der Waals surface area contributed by atoms with Gasteiger partial charge >= 0.3 is 28.9 Å². The topological polar surface area (TPSA) is 232 Å². The van der Waals surface area contributed by atoms with Crippen molar-refractivity contribution in [3.8, 4) is 0 Å². The third-order valence-corrected chi connectivity index (χ3v) is 8.65. The van der Waals surface area contributed by atoms with Gasteiger partial charge in [0, 0.05) is 25.3 Å². The van der Waals surface area contributed by atoms with Crippen molar-refractivity contribution in [2.24, 2.45) is 28.1 Å². The van der Waals surface area contributed by atoms with Gasteiger partial charge in [-0.3, -0.25) is 24.2 Å². The van der Waals surface area contributed by atoms with Gasteiger partial charge in [0.15, 0.2) is 5.96 Å². The summed E-state index contributed by atoms with van der Waals surface area (Å²) in [6.07, 6.45) is 6.99. The minimum absolute atomic E-state index is 0. The molecule has 0 spiro atoms. The molecule has 3 atom stereocenters. The van der Waals surface area contributed by atoms with Crippen LogP contribution in [0.4, 0.5) is 13.2 Å². The minimum Gasteiger partial charge on any atom is -0.475 e. The maximum Gasteiger partial charge on any atom is 2.00 e. The molecule has 54 heavy (non-hydrogen) atoms. The number of nitrogens with zero attached hydrogens (tertiary/aromatic N) is 1. The van der Waals surface area contributed by atoms with E-state index < -0.39 is 48.0 Å². The number of guanidine groups is 1. The number of nitrogens with two attached hydrogens (primary N) is 3. The fourth-order valence-electron chi connectivity index (χ4n) is 5.81. The van der Waals surface area contributed by atoms with Crippen LogP contribution in [-0.4, -0.2) is 71.5 Å². The second-order valence-corrected chi connectivity index (χ2v) is 13.0. The summed E-state index contributed by atoms with van der Waals surface area (Å²) in [4.78, 5) is 65.0. The maximum atomic E-state index is 13.6. The smallest absolute Gasteiger partial charge is 0.475 e. The molecule has 4 rings (SSSR count). The van der Waals surface area contributed by atoms with Crippen LogP contribution in [0.5, 0.6) is 0 Å². The first-order chi connectivity index (χ1) is 25.2. The summed E-state index contributed by atoms with van der Waals surface area (Å²) in [5.41, 5.74) is 18.1. The zero-order valence-corrected chi connectivity index (χ0v) is 31.2. The van der Waals surface area contributed by atoms with Gasteiger partial charge in [-0.25, -0.2) is 4.79 Å². The first-order valence-electron chi connectivity index (χ1n) is 17.8. The Kier molecular flexibility index (Phi) is 22.3. The number of nitrogens with one attached hydrogen (secondary N) is 3. The Morgan fingerprint density at radius 1 is 0.704 bits per heavy atom. The number of halogens is 3. The second-order valence-electron chi connectivity index (χ2n) is 13.0. The number of aliphatic imine (C=N–C) groups is 1. The number of carbonyl (C=O) groups is 5. The molecule has 0 unspecified atom stereocenters. The molecule has 0 aliphatic heterocycles. The molecule has 0 saturated heterocycles. The average molecular weight is 807 g/mol. The summed E-state index contributed by atoms with van der Waals surface area (Å²) >= 11 is 0. The van der Waals surface area contributed by atoms with Gasteiger partial charge in [-0.15, -0.1) is 0 Å². The Morgan fingerprint density at radius 2 is 1.13 bits per heavy atom. The van der Waals surface area contributed by atoms with Crippen molar-refractivity contribution in [2.75, 3.05) is 6.54 Å². The summed E-state index contributed by atoms with van der Waals surface area (Å²) in [7, 11) is 0. The molecule has 17 heteroatoms. The number of hydrogen-bond acceptors (Lipinski definition) is 6. The van der Waals surface area contributed by atoms with Crippen molar-refractivity contribution in [1.29, 1.82) is 0 Å². The SMILES string of the molecule is C1CCCC1.NC(=O)[C@H](Cc1ccccc1)NC(=O)[C@H](CCCN=C(N)N)NC(=O)[C@H](Cc1ccccc1)NC(=O)C1CCCC1.O=C(O)C(F)(F)F.[Co+2]. The third-order valence-electron chi connectivity index (χ3n) is 8.65. The molecule has 2 aromatic rings. The zero-order valence-electron chi connectivity index (χ0n) is 30.1. The van der Waals surface area contributed by atoms with Gasteiger partial charge in [-0.2, -0.15) is 13.2 Å². The number of hydrogen-bond donors (Lipinski definition) is 7. The Morgan fingerprint density at radius 3 is 1.56 bits per heavy atom. The molecule has 10 N–H and O–H groups in total. The molecule has 0 aromatic heterocycles. The van der Waals surface area contributed by atoms with E-state index in [1.54, 1.807) is 0 Å². The number of benzene rings is 2. The van der Waals surface area contributed by atoms with Crippen LogP contribution >= 0.6 is 0 Å². The predicted molar refractivity (Wildman–Crippen MR) is 194 cm³/mol. The van der Waals surface area contributed by atoms with Crippen LogP contribution in [0.25, 0.3) is 0 Å². The van der Waals surface area contributed by atoms with Gasteiger partial charge in [0.25, 0.3) is 0 Å². The van der Waals surface area contributed by atoms with E-state index in [4.69, 9.17) is 27.1 Å². The van der Waals surface area contributed by atoms with Crippen LogP contribution in [0.3, 0.4) is 0 Å². The molecule has 0 bridgehead atoms. The number of amides is 4. The van der Waals surface area contributed by atoms with Crippen molar-refractivity contribution in [3.05, 3.63) is 71.8 Å². The van der Waals surface area contributed by atoms with Gasteiger partial charge in [0.05, 0.1) is 0 Å². The molecule has 1 radical (unpaired) electrons. The van der Waals surface area contributed by atoms with Crippen molar-refractivity contribution in [2.45, 2.75) is 108 Å². The van der Waals surface area contributed by atoms with Crippen LogP contribution < -0.4 is 33.2 Å². The number of primary amides is 1. The van der Waals surface area contributed by atoms with E-state index >= 15 is 0 Å². The van der Waals surface area contributed by atoms with E-state index in [0.717, 1.165) is 36.8 Å². The Balaban J connectivity index is 0.000000955. The minimum atomic E-state index is -5.08.